The largest absolute Gasteiger partial charge is 0.496 e. The first-order chi connectivity index (χ1) is 18.7. The third-order valence-corrected chi connectivity index (χ3v) is 7.22. The number of amides is 1. The molecule has 0 aliphatic carbocycles. The number of ether oxygens (including phenoxy) is 2. The van der Waals surface area contributed by atoms with E-state index in [2.05, 4.69) is 63.7 Å². The second kappa shape index (κ2) is 11.9. The highest BCUT2D eigenvalue weighted by atomic mass is 16.5. The summed E-state index contributed by atoms with van der Waals surface area (Å²) in [5, 5.41) is 3.06. The van der Waals surface area contributed by atoms with E-state index in [0.717, 1.165) is 34.7 Å². The van der Waals surface area contributed by atoms with Crippen LogP contribution >= 0.6 is 0 Å². The third kappa shape index (κ3) is 5.41. The molecule has 1 aliphatic heterocycles. The van der Waals surface area contributed by atoms with E-state index in [0.29, 0.717) is 13.1 Å². The van der Waals surface area contributed by atoms with Gasteiger partial charge in [0.2, 0.25) is 5.91 Å². The highest BCUT2D eigenvalue weighted by molar-refractivity contribution is 5.78. The van der Waals surface area contributed by atoms with E-state index in [1.165, 1.54) is 11.1 Å². The van der Waals surface area contributed by atoms with E-state index in [9.17, 15) is 4.79 Å². The molecule has 0 radical (unpaired) electrons. The molecule has 4 aromatic rings. The van der Waals surface area contributed by atoms with Gasteiger partial charge in [0.15, 0.2) is 0 Å². The van der Waals surface area contributed by atoms with Gasteiger partial charge in [0, 0.05) is 29.8 Å². The third-order valence-electron chi connectivity index (χ3n) is 7.22. The molecular formula is C32H33N3O3. The first kappa shape index (κ1) is 25.5. The van der Waals surface area contributed by atoms with Gasteiger partial charge < -0.3 is 14.8 Å². The molecule has 194 valence electrons. The number of fused-ring (bicyclic) bond motifs is 1. The topological polar surface area (TPSA) is 63.7 Å². The van der Waals surface area contributed by atoms with Crippen molar-refractivity contribution >= 4 is 5.91 Å². The minimum atomic E-state index is -0.144. The molecule has 0 saturated heterocycles. The van der Waals surface area contributed by atoms with Crippen LogP contribution in [0.25, 0.3) is 0 Å². The first-order valence-electron chi connectivity index (χ1n) is 12.9. The molecule has 1 N–H and O–H groups in total. The maximum atomic E-state index is 13.3. The summed E-state index contributed by atoms with van der Waals surface area (Å²) in [7, 11) is 3.41. The quantitative estimate of drug-likeness (QED) is 0.340. The summed E-state index contributed by atoms with van der Waals surface area (Å²) in [4.78, 5) is 19.9. The number of rotatable bonds is 9. The Morgan fingerprint density at radius 2 is 1.53 bits per heavy atom. The number of nitrogens with zero attached hydrogens (tertiary/aromatic N) is 2. The molecule has 1 amide bonds. The van der Waals surface area contributed by atoms with Crippen molar-refractivity contribution in [3.05, 3.63) is 125 Å². The van der Waals surface area contributed by atoms with E-state index in [1.54, 1.807) is 20.4 Å². The Labute approximate surface area is 224 Å². The number of hydrogen-bond acceptors (Lipinski definition) is 5. The fraction of sp³-hybridized carbons (Fsp3) is 0.250. The van der Waals surface area contributed by atoms with Crippen LogP contribution < -0.4 is 14.8 Å². The van der Waals surface area contributed by atoms with Crippen molar-refractivity contribution in [3.8, 4) is 11.5 Å². The maximum Gasteiger partial charge on any atom is 0.234 e. The Balaban J connectivity index is 1.58. The van der Waals surface area contributed by atoms with Crippen molar-refractivity contribution in [3.63, 3.8) is 0 Å². The highest BCUT2D eigenvalue weighted by Crippen LogP contribution is 2.49. The standard InChI is InChI=1S/C32H33N3O3/c1-37-27-16-17-28(38-2)31-26(27)18-20-35(22-29(36)34-21-25-15-9-10-19-33-25)32(31)30(23-11-5-3-6-12-23)24-13-7-4-8-14-24/h3-17,19,30,32H,18,20-22H2,1-2H3,(H,34,36). The van der Waals surface area contributed by atoms with Gasteiger partial charge in [-0.1, -0.05) is 66.7 Å². The number of hydrogen-bond donors (Lipinski definition) is 1. The van der Waals surface area contributed by atoms with Crippen molar-refractivity contribution in [2.75, 3.05) is 27.3 Å². The Morgan fingerprint density at radius 3 is 2.13 bits per heavy atom. The Hall–Kier alpha value is -4.16. The summed E-state index contributed by atoms with van der Waals surface area (Å²) in [6.45, 7) is 1.37. The summed E-state index contributed by atoms with van der Waals surface area (Å²) in [5.41, 5.74) is 5.41. The predicted octanol–water partition coefficient (Wildman–Crippen LogP) is 5.15. The zero-order valence-corrected chi connectivity index (χ0v) is 21.8. The van der Waals surface area contributed by atoms with Gasteiger partial charge in [0.25, 0.3) is 0 Å². The van der Waals surface area contributed by atoms with E-state index < -0.39 is 0 Å². The molecule has 1 aliphatic rings. The lowest BCUT2D eigenvalue weighted by Crippen LogP contribution is -2.45. The van der Waals surface area contributed by atoms with E-state index in [4.69, 9.17) is 9.47 Å². The number of benzene rings is 3. The summed E-state index contributed by atoms with van der Waals surface area (Å²) < 4.78 is 11.7. The van der Waals surface area contributed by atoms with Crippen molar-refractivity contribution < 1.29 is 14.3 Å². The Morgan fingerprint density at radius 1 is 0.895 bits per heavy atom. The molecule has 1 aromatic heterocycles. The summed E-state index contributed by atoms with van der Waals surface area (Å²) in [6.07, 6.45) is 2.50. The smallest absolute Gasteiger partial charge is 0.234 e. The van der Waals surface area contributed by atoms with Crippen LogP contribution in [0, 0.1) is 0 Å². The molecule has 0 saturated carbocycles. The lowest BCUT2D eigenvalue weighted by Gasteiger charge is -2.42. The van der Waals surface area contributed by atoms with E-state index >= 15 is 0 Å². The first-order valence-corrected chi connectivity index (χ1v) is 12.9. The second-order valence-corrected chi connectivity index (χ2v) is 9.42. The molecule has 0 spiro atoms. The number of pyridine rings is 1. The fourth-order valence-corrected chi connectivity index (χ4v) is 5.52. The summed E-state index contributed by atoms with van der Waals surface area (Å²) in [5.74, 6) is 1.60. The van der Waals surface area contributed by atoms with Gasteiger partial charge in [0.1, 0.15) is 11.5 Å². The van der Waals surface area contributed by atoms with E-state index in [-0.39, 0.29) is 24.4 Å². The number of carbonyl (C=O) groups is 1. The van der Waals surface area contributed by atoms with Crippen LogP contribution in [0.15, 0.2) is 97.2 Å². The molecule has 5 rings (SSSR count). The number of carbonyl (C=O) groups excluding carboxylic acids is 1. The van der Waals surface area contributed by atoms with Crippen LogP contribution in [0.4, 0.5) is 0 Å². The van der Waals surface area contributed by atoms with Gasteiger partial charge >= 0.3 is 0 Å². The molecule has 38 heavy (non-hydrogen) atoms. The highest BCUT2D eigenvalue weighted by Gasteiger charge is 2.39. The van der Waals surface area contributed by atoms with Crippen LogP contribution in [-0.4, -0.2) is 43.1 Å². The zero-order valence-electron chi connectivity index (χ0n) is 21.8. The zero-order chi connectivity index (χ0) is 26.3. The van der Waals surface area contributed by atoms with Gasteiger partial charge in [-0.2, -0.15) is 0 Å². The van der Waals surface area contributed by atoms with Crippen LogP contribution in [0.3, 0.4) is 0 Å². The van der Waals surface area contributed by atoms with Gasteiger partial charge in [-0.25, -0.2) is 0 Å². The van der Waals surface area contributed by atoms with Gasteiger partial charge in [0.05, 0.1) is 39.0 Å². The van der Waals surface area contributed by atoms with Crippen molar-refractivity contribution in [2.24, 2.45) is 0 Å². The molecule has 6 heteroatoms. The average Bonchev–Trinajstić information content (AvgIpc) is 2.98. The molecule has 2 heterocycles. The maximum absolute atomic E-state index is 13.3. The normalized spacial score (nSPS) is 15.1. The van der Waals surface area contributed by atoms with Crippen LogP contribution in [0.5, 0.6) is 11.5 Å². The lowest BCUT2D eigenvalue weighted by molar-refractivity contribution is -0.123. The number of methoxy groups -OCH3 is 2. The fourth-order valence-electron chi connectivity index (χ4n) is 5.52. The van der Waals surface area contributed by atoms with Crippen molar-refractivity contribution in [1.82, 2.24) is 15.2 Å². The molecular weight excluding hydrogens is 474 g/mol. The minimum absolute atomic E-state index is 0.0268. The van der Waals surface area contributed by atoms with Crippen LogP contribution in [0.2, 0.25) is 0 Å². The molecule has 6 nitrogen and oxygen atoms in total. The van der Waals surface area contributed by atoms with Crippen LogP contribution in [0.1, 0.15) is 39.9 Å². The van der Waals surface area contributed by atoms with Crippen molar-refractivity contribution in [1.29, 1.82) is 0 Å². The molecule has 1 atom stereocenters. The molecule has 0 bridgehead atoms. The average molecular weight is 508 g/mol. The van der Waals surface area contributed by atoms with Gasteiger partial charge in [-0.05, 0) is 41.8 Å². The molecule has 3 aromatic carbocycles. The molecule has 1 unspecified atom stereocenters. The summed E-state index contributed by atoms with van der Waals surface area (Å²) >= 11 is 0. The number of nitrogens with one attached hydrogen (secondary N) is 1. The van der Waals surface area contributed by atoms with Gasteiger partial charge in [-0.15, -0.1) is 0 Å². The van der Waals surface area contributed by atoms with Gasteiger partial charge in [-0.3, -0.25) is 14.7 Å². The predicted molar refractivity (Wildman–Crippen MR) is 148 cm³/mol. The lowest BCUT2D eigenvalue weighted by atomic mass is 9.77. The monoisotopic (exact) mass is 507 g/mol. The van der Waals surface area contributed by atoms with Crippen LogP contribution in [-0.2, 0) is 17.8 Å². The number of aromatic nitrogens is 1. The Bertz CT molecular complexity index is 1310. The SMILES string of the molecule is COc1ccc(OC)c2c1CCN(CC(=O)NCc1ccccn1)C2C(c1ccccc1)c1ccccc1. The Kier molecular flexibility index (Phi) is 8.00. The van der Waals surface area contributed by atoms with E-state index in [1.807, 2.05) is 42.5 Å². The summed E-state index contributed by atoms with van der Waals surface area (Å²) in [6, 6.07) is 30.5. The minimum Gasteiger partial charge on any atom is -0.496 e. The van der Waals surface area contributed by atoms with Crippen molar-refractivity contribution in [2.45, 2.75) is 24.9 Å². The molecule has 0 fully saturated rings. The second-order valence-electron chi connectivity index (χ2n) is 9.42.